The van der Waals surface area contributed by atoms with Crippen LogP contribution in [0.3, 0.4) is 0 Å². The summed E-state index contributed by atoms with van der Waals surface area (Å²) in [7, 11) is 0. The Balaban J connectivity index is 3.11. The summed E-state index contributed by atoms with van der Waals surface area (Å²) in [4.78, 5) is 32.6. The monoisotopic (exact) mass is 678 g/mol. The lowest BCUT2D eigenvalue weighted by atomic mass is 10.0. The van der Waals surface area contributed by atoms with Gasteiger partial charge in [0.15, 0.2) is 0 Å². The molecule has 0 atom stereocenters. The summed E-state index contributed by atoms with van der Waals surface area (Å²) in [5.74, 6) is -3.21. The molecule has 0 radical (unpaired) electrons. The molecule has 47 heavy (non-hydrogen) atoms. The topological polar surface area (TPSA) is 145 Å². The zero-order valence-corrected chi connectivity index (χ0v) is 29.4. The number of carboxylic acids is 1. The van der Waals surface area contributed by atoms with Crippen LogP contribution in [0.4, 0.5) is 0 Å². The molecule has 0 rings (SSSR count). The van der Waals surface area contributed by atoms with Gasteiger partial charge in [-0.15, -0.1) is 0 Å². The van der Waals surface area contributed by atoms with Gasteiger partial charge in [0.25, 0.3) is 0 Å². The number of aliphatic carboxylic acids is 1. The van der Waals surface area contributed by atoms with Crippen molar-refractivity contribution in [3.8, 4) is 0 Å². The van der Waals surface area contributed by atoms with E-state index in [0.29, 0.717) is 79.3 Å². The number of Topliss-reactive ketones (excluding diaryl/α,β-unsaturated/α-hetero) is 1. The number of rotatable bonds is 40. The number of esters is 1. The zero-order valence-electron chi connectivity index (χ0n) is 29.4. The van der Waals surface area contributed by atoms with Crippen molar-refractivity contribution in [2.45, 2.75) is 110 Å². The molecule has 0 aliphatic carbocycles. The van der Waals surface area contributed by atoms with E-state index in [0.717, 1.165) is 13.0 Å². The van der Waals surface area contributed by atoms with E-state index in [2.05, 4.69) is 6.92 Å². The second-order valence-corrected chi connectivity index (χ2v) is 11.3. The Morgan fingerprint density at radius 1 is 0.383 bits per heavy atom. The smallest absolute Gasteiger partial charge is 0.372 e. The van der Waals surface area contributed by atoms with Gasteiger partial charge in [-0.3, -0.25) is 9.59 Å². The van der Waals surface area contributed by atoms with E-state index in [4.69, 9.17) is 43.0 Å². The summed E-state index contributed by atoms with van der Waals surface area (Å²) < 4.78 is 43.1. The SMILES string of the molecule is CCCCCCCCCCCCCCCCOCCOCCOCCOCCOCCOCCOCCOC(=O)CCC(=O)C(=O)O. The lowest BCUT2D eigenvalue weighted by Crippen LogP contribution is -2.17. The summed E-state index contributed by atoms with van der Waals surface area (Å²) in [5, 5.41) is 8.45. The molecule has 1 N–H and O–H groups in total. The van der Waals surface area contributed by atoms with E-state index in [1.54, 1.807) is 0 Å². The van der Waals surface area contributed by atoms with Crippen LogP contribution in [0.15, 0.2) is 0 Å². The Labute approximate surface area is 283 Å². The maximum Gasteiger partial charge on any atom is 0.372 e. The van der Waals surface area contributed by atoms with Crippen molar-refractivity contribution in [1.29, 1.82) is 0 Å². The Morgan fingerprint density at radius 3 is 1.02 bits per heavy atom. The molecule has 0 saturated carbocycles. The van der Waals surface area contributed by atoms with Crippen molar-refractivity contribution >= 4 is 17.7 Å². The molecule has 278 valence electrons. The standard InChI is InChI=1S/C35H66O12/c1-2-3-4-5-6-7-8-9-10-11-12-13-14-15-18-40-19-20-41-21-22-42-23-24-43-25-26-44-27-28-45-29-30-46-31-32-47-34(37)17-16-33(36)35(38)39/h2-32H2,1H3,(H,38,39). The third kappa shape index (κ3) is 38.7. The molecule has 0 aliphatic rings. The second kappa shape index (κ2) is 38.8. The first-order valence-electron chi connectivity index (χ1n) is 18.0. The Hall–Kier alpha value is -1.67. The first-order valence-corrected chi connectivity index (χ1v) is 18.0. The van der Waals surface area contributed by atoms with Crippen LogP contribution in [0, 0.1) is 0 Å². The molecular formula is C35H66O12. The fourth-order valence-electron chi connectivity index (χ4n) is 4.43. The molecule has 0 aromatic heterocycles. The first kappa shape index (κ1) is 45.3. The second-order valence-electron chi connectivity index (χ2n) is 11.3. The number of hydrogen-bond acceptors (Lipinski definition) is 11. The van der Waals surface area contributed by atoms with Gasteiger partial charge < -0.3 is 43.0 Å². The van der Waals surface area contributed by atoms with Crippen molar-refractivity contribution < 1.29 is 57.4 Å². The van der Waals surface area contributed by atoms with Gasteiger partial charge in [0.05, 0.1) is 92.3 Å². The van der Waals surface area contributed by atoms with Crippen LogP contribution < -0.4 is 0 Å². The highest BCUT2D eigenvalue weighted by atomic mass is 16.6. The molecule has 0 aliphatic heterocycles. The van der Waals surface area contributed by atoms with Crippen LogP contribution >= 0.6 is 0 Å². The van der Waals surface area contributed by atoms with Gasteiger partial charge in [-0.25, -0.2) is 4.79 Å². The predicted octanol–water partition coefficient (Wildman–Crippen LogP) is 5.56. The third-order valence-corrected chi connectivity index (χ3v) is 7.16. The predicted molar refractivity (Wildman–Crippen MR) is 179 cm³/mol. The molecule has 0 bridgehead atoms. The summed E-state index contributed by atoms with van der Waals surface area (Å²) in [6.07, 6.45) is 18.5. The van der Waals surface area contributed by atoms with Gasteiger partial charge in [0.2, 0.25) is 5.78 Å². The molecular weight excluding hydrogens is 612 g/mol. The summed E-state index contributed by atoms with van der Waals surface area (Å²) in [6.45, 7) is 9.09. The van der Waals surface area contributed by atoms with Gasteiger partial charge in [-0.2, -0.15) is 0 Å². The molecule has 0 heterocycles. The van der Waals surface area contributed by atoms with Crippen LogP contribution in [0.5, 0.6) is 0 Å². The summed E-state index contributed by atoms with van der Waals surface area (Å²) >= 11 is 0. The van der Waals surface area contributed by atoms with E-state index in [9.17, 15) is 14.4 Å². The molecule has 0 aromatic rings. The highest BCUT2D eigenvalue weighted by molar-refractivity contribution is 6.32. The number of carbonyl (C=O) groups is 3. The minimum absolute atomic E-state index is 0.0249. The average molecular weight is 679 g/mol. The molecule has 0 fully saturated rings. The van der Waals surface area contributed by atoms with E-state index >= 15 is 0 Å². The lowest BCUT2D eigenvalue weighted by Gasteiger charge is -2.09. The van der Waals surface area contributed by atoms with Gasteiger partial charge >= 0.3 is 11.9 Å². The Bertz CT molecular complexity index is 691. The number of carboxylic acid groups (broad SMARTS) is 1. The summed E-state index contributed by atoms with van der Waals surface area (Å²) in [5.41, 5.74) is 0. The third-order valence-electron chi connectivity index (χ3n) is 7.16. The number of hydrogen-bond donors (Lipinski definition) is 1. The maximum atomic E-state index is 11.4. The zero-order chi connectivity index (χ0) is 34.3. The van der Waals surface area contributed by atoms with Gasteiger partial charge in [-0.05, 0) is 6.42 Å². The highest BCUT2D eigenvalue weighted by Gasteiger charge is 2.14. The molecule has 0 amide bonds. The van der Waals surface area contributed by atoms with Crippen molar-refractivity contribution in [2.75, 3.05) is 99.1 Å². The largest absolute Gasteiger partial charge is 0.476 e. The number of ether oxygens (including phenoxy) is 8. The van der Waals surface area contributed by atoms with E-state index in [1.807, 2.05) is 0 Å². The lowest BCUT2D eigenvalue weighted by molar-refractivity contribution is -0.151. The number of unbranched alkanes of at least 4 members (excludes halogenated alkanes) is 13. The highest BCUT2D eigenvalue weighted by Crippen LogP contribution is 2.13. The van der Waals surface area contributed by atoms with Crippen LogP contribution in [0.2, 0.25) is 0 Å². The van der Waals surface area contributed by atoms with Gasteiger partial charge in [0, 0.05) is 13.0 Å². The minimum atomic E-state index is -1.56. The molecule has 0 aromatic carbocycles. The van der Waals surface area contributed by atoms with Crippen molar-refractivity contribution in [1.82, 2.24) is 0 Å². The fourth-order valence-corrected chi connectivity index (χ4v) is 4.43. The van der Waals surface area contributed by atoms with Crippen LogP contribution in [-0.2, 0) is 52.3 Å². The Morgan fingerprint density at radius 2 is 0.681 bits per heavy atom. The fraction of sp³-hybridized carbons (Fsp3) is 0.914. The minimum Gasteiger partial charge on any atom is -0.476 e. The van der Waals surface area contributed by atoms with E-state index in [1.165, 1.54) is 83.5 Å². The van der Waals surface area contributed by atoms with Gasteiger partial charge in [-0.1, -0.05) is 90.4 Å². The van der Waals surface area contributed by atoms with E-state index < -0.39 is 17.7 Å². The quantitative estimate of drug-likeness (QED) is 0.0492. The maximum absolute atomic E-state index is 11.4. The van der Waals surface area contributed by atoms with Gasteiger partial charge in [0.1, 0.15) is 6.61 Å². The van der Waals surface area contributed by atoms with Crippen molar-refractivity contribution in [3.63, 3.8) is 0 Å². The van der Waals surface area contributed by atoms with E-state index in [-0.39, 0.29) is 26.1 Å². The molecule has 12 nitrogen and oxygen atoms in total. The number of ketones is 1. The molecule has 0 saturated heterocycles. The molecule has 12 heteroatoms. The van der Waals surface area contributed by atoms with Crippen molar-refractivity contribution in [2.24, 2.45) is 0 Å². The van der Waals surface area contributed by atoms with Crippen LogP contribution in [-0.4, -0.2) is 122 Å². The van der Waals surface area contributed by atoms with Crippen LogP contribution in [0.1, 0.15) is 110 Å². The van der Waals surface area contributed by atoms with Crippen LogP contribution in [0.25, 0.3) is 0 Å². The summed E-state index contributed by atoms with van der Waals surface area (Å²) in [6, 6.07) is 0. The molecule has 0 unspecified atom stereocenters. The Kier molecular flexibility index (Phi) is 37.4. The molecule has 0 spiro atoms. The number of carbonyl (C=O) groups excluding carboxylic acids is 2. The first-order chi connectivity index (χ1) is 23.1. The average Bonchev–Trinajstić information content (AvgIpc) is 3.06. The van der Waals surface area contributed by atoms with Crippen molar-refractivity contribution in [3.05, 3.63) is 0 Å². The normalized spacial score (nSPS) is 11.3.